The molecule has 13 rings (SSSR count). The molecule has 0 radical (unpaired) electrons. The van der Waals surface area contributed by atoms with Crippen LogP contribution in [0.15, 0.2) is 227 Å². The van der Waals surface area contributed by atoms with Gasteiger partial charge < -0.3 is 29.1 Å². The number of benzene rings is 8. The number of nitrogens with one attached hydrogen (secondary N) is 2. The van der Waals surface area contributed by atoms with Crippen LogP contribution in [0, 0.1) is 0 Å². The first-order chi connectivity index (χ1) is 33.7. The Morgan fingerprint density at radius 1 is 0.324 bits per heavy atom. The van der Waals surface area contributed by atoms with Gasteiger partial charge in [-0.3, -0.25) is 0 Å². The maximum atomic E-state index is 7.22. The van der Waals surface area contributed by atoms with Crippen LogP contribution in [0.3, 0.4) is 0 Å². The molecule has 8 aromatic carbocycles. The van der Waals surface area contributed by atoms with Crippen molar-refractivity contribution in [3.05, 3.63) is 240 Å². The zero-order valence-corrected chi connectivity index (χ0v) is 36.1. The SMILES string of the molecule is c1ccc(OC2=c3c4cccc(Oc5ccccc5)c4c(n3Oc3ccccc3)=Nc3[nH]c(c4ccccc34)N=c3c4ccccc4c(n3Oc3ccccc3)=Nc3[nH]c2c2ccccc32)cc1. The smallest absolute Gasteiger partial charge is 0.183 e. The number of aromatic amines is 2. The summed E-state index contributed by atoms with van der Waals surface area (Å²) in [5.41, 5.74) is 2.16. The summed E-state index contributed by atoms with van der Waals surface area (Å²) in [5.74, 6) is 5.14. The standard InChI is InChI=1S/C57H37N7O4/c1-5-20-36(21-6-1)65-47-35-19-34-46-48(47)57-62-54-43-31-16-15-30-42(43)53(59-54)61-56-45-33-18-17-32-44(45)55(64(56)68-39-26-11-4-12-27-39)60-52-41-29-14-13-28-40(41)49(58-52)51(66-37-22-7-2-8-23-37)50(46)63(57)67-38-24-9-3-10-25-38/h1-35H,(H,58,60)(H,59,61,62). The van der Waals surface area contributed by atoms with Gasteiger partial charge in [0.05, 0.1) is 11.1 Å². The molecule has 12 aromatic rings. The molecule has 324 valence electrons. The van der Waals surface area contributed by atoms with E-state index < -0.39 is 0 Å². The molecule has 0 unspecified atom stereocenters. The summed E-state index contributed by atoms with van der Waals surface area (Å²) in [6, 6.07) is 69.0. The number of hydrogen-bond donors (Lipinski definition) is 2. The highest BCUT2D eigenvalue weighted by molar-refractivity contribution is 6.02. The van der Waals surface area contributed by atoms with Crippen LogP contribution in [0.25, 0.3) is 48.8 Å². The monoisotopic (exact) mass is 883 g/mol. The van der Waals surface area contributed by atoms with Crippen molar-refractivity contribution in [1.29, 1.82) is 0 Å². The van der Waals surface area contributed by atoms with Gasteiger partial charge in [0.15, 0.2) is 33.7 Å². The average molecular weight is 884 g/mol. The second-order valence-electron chi connectivity index (χ2n) is 16.2. The molecule has 0 saturated carbocycles. The number of hydrogen-bond acceptors (Lipinski definition) is 7. The topological polar surface area (TPSA) is 115 Å². The van der Waals surface area contributed by atoms with Crippen molar-refractivity contribution in [3.63, 3.8) is 0 Å². The van der Waals surface area contributed by atoms with E-state index >= 15 is 0 Å². The maximum absolute atomic E-state index is 7.22. The lowest BCUT2D eigenvalue weighted by molar-refractivity contribution is 0.196. The van der Waals surface area contributed by atoms with Crippen LogP contribution in [0.4, 0.5) is 17.5 Å². The van der Waals surface area contributed by atoms with Gasteiger partial charge >= 0.3 is 0 Å². The van der Waals surface area contributed by atoms with Gasteiger partial charge in [-0.15, -0.1) is 4.73 Å². The molecule has 11 nitrogen and oxygen atoms in total. The fourth-order valence-electron chi connectivity index (χ4n) is 8.93. The van der Waals surface area contributed by atoms with Crippen LogP contribution in [0.1, 0.15) is 5.69 Å². The first-order valence-electron chi connectivity index (χ1n) is 22.2. The summed E-state index contributed by atoms with van der Waals surface area (Å²) >= 11 is 0. The van der Waals surface area contributed by atoms with Crippen molar-refractivity contribution in [3.8, 4) is 28.7 Å². The van der Waals surface area contributed by atoms with Gasteiger partial charge in [0.1, 0.15) is 40.1 Å². The Bertz CT molecular complexity index is 4140. The summed E-state index contributed by atoms with van der Waals surface area (Å²) in [4.78, 5) is 37.8. The van der Waals surface area contributed by atoms with Crippen molar-refractivity contribution in [2.75, 3.05) is 0 Å². The van der Waals surface area contributed by atoms with E-state index in [0.29, 0.717) is 84.9 Å². The number of rotatable bonds is 8. The largest absolute Gasteiger partial charge is 0.457 e. The second-order valence-corrected chi connectivity index (χ2v) is 16.2. The van der Waals surface area contributed by atoms with Gasteiger partial charge in [0.2, 0.25) is 0 Å². The summed E-state index contributed by atoms with van der Waals surface area (Å²) in [6.07, 6.45) is 0. The van der Waals surface area contributed by atoms with Gasteiger partial charge in [-0.1, -0.05) is 158 Å². The Hall–Kier alpha value is -9.61. The zero-order chi connectivity index (χ0) is 45.0. The van der Waals surface area contributed by atoms with Crippen molar-refractivity contribution in [2.24, 2.45) is 15.0 Å². The zero-order valence-electron chi connectivity index (χ0n) is 36.1. The molecule has 11 heteroatoms. The fraction of sp³-hybridized carbons (Fsp3) is 0. The lowest BCUT2D eigenvalue weighted by Gasteiger charge is -2.13. The molecule has 0 fully saturated rings. The molecule has 0 aliphatic carbocycles. The summed E-state index contributed by atoms with van der Waals surface area (Å²) < 4.78 is 17.5. The minimum Gasteiger partial charge on any atom is -0.457 e. The molecule has 8 bridgehead atoms. The summed E-state index contributed by atoms with van der Waals surface area (Å²) in [6.45, 7) is 0. The van der Waals surface area contributed by atoms with E-state index in [4.69, 9.17) is 34.1 Å². The third kappa shape index (κ3) is 6.64. The fourth-order valence-corrected chi connectivity index (χ4v) is 8.93. The minimum absolute atomic E-state index is 0.439. The third-order valence-corrected chi connectivity index (χ3v) is 12.0. The number of fused-ring (bicyclic) bond motifs is 20. The Labute approximate surface area is 387 Å². The quantitative estimate of drug-likeness (QED) is 0.158. The molecule has 0 amide bonds. The molecule has 1 aliphatic rings. The molecule has 1 aliphatic heterocycles. The summed E-state index contributed by atoms with van der Waals surface area (Å²) in [5, 5.41) is 7.05. The van der Waals surface area contributed by atoms with E-state index in [9.17, 15) is 0 Å². The molecule has 0 saturated heterocycles. The first-order valence-corrected chi connectivity index (χ1v) is 22.2. The van der Waals surface area contributed by atoms with Crippen molar-refractivity contribution in [2.45, 2.75) is 0 Å². The lowest BCUT2D eigenvalue weighted by Crippen LogP contribution is -2.34. The molecule has 0 atom stereocenters. The number of para-hydroxylation sites is 4. The van der Waals surface area contributed by atoms with E-state index in [0.717, 1.165) is 37.7 Å². The third-order valence-electron chi connectivity index (χ3n) is 12.0. The number of H-pyrrole nitrogens is 2. The molecule has 4 aromatic heterocycles. The van der Waals surface area contributed by atoms with E-state index in [1.54, 1.807) is 9.46 Å². The maximum Gasteiger partial charge on any atom is 0.183 e. The number of aromatic nitrogens is 4. The molecular formula is C57H37N7O4. The lowest BCUT2D eigenvalue weighted by atomic mass is 10.1. The van der Waals surface area contributed by atoms with Crippen LogP contribution in [0.2, 0.25) is 0 Å². The molecular weight excluding hydrogens is 847 g/mol. The molecule has 5 heterocycles. The molecule has 0 spiro atoms. The highest BCUT2D eigenvalue weighted by atomic mass is 16.7. The first kappa shape index (κ1) is 38.8. The molecule has 68 heavy (non-hydrogen) atoms. The predicted molar refractivity (Wildman–Crippen MR) is 264 cm³/mol. The van der Waals surface area contributed by atoms with E-state index in [2.05, 4.69) is 22.1 Å². The van der Waals surface area contributed by atoms with Gasteiger partial charge in [0, 0.05) is 37.7 Å². The highest BCUT2D eigenvalue weighted by Gasteiger charge is 2.26. The Kier molecular flexibility index (Phi) is 9.20. The van der Waals surface area contributed by atoms with Gasteiger partial charge in [-0.2, -0.15) is 4.73 Å². The van der Waals surface area contributed by atoms with Crippen molar-refractivity contribution >= 4 is 66.3 Å². The van der Waals surface area contributed by atoms with Crippen LogP contribution >= 0.6 is 0 Å². The Balaban J connectivity index is 1.26. The van der Waals surface area contributed by atoms with Gasteiger partial charge in [0.25, 0.3) is 0 Å². The van der Waals surface area contributed by atoms with Crippen LogP contribution in [-0.4, -0.2) is 19.4 Å². The summed E-state index contributed by atoms with van der Waals surface area (Å²) in [7, 11) is 0. The van der Waals surface area contributed by atoms with Crippen molar-refractivity contribution < 1.29 is 19.1 Å². The Morgan fingerprint density at radius 2 is 0.735 bits per heavy atom. The van der Waals surface area contributed by atoms with Crippen LogP contribution < -0.4 is 41.0 Å². The normalized spacial score (nSPS) is 12.1. The van der Waals surface area contributed by atoms with Crippen LogP contribution in [-0.2, 0) is 0 Å². The average Bonchev–Trinajstić information content (AvgIpc) is 4.11. The van der Waals surface area contributed by atoms with Crippen molar-refractivity contribution in [1.82, 2.24) is 19.4 Å². The van der Waals surface area contributed by atoms with E-state index in [1.807, 2.05) is 200 Å². The number of nitrogens with zero attached hydrogens (tertiary/aromatic N) is 5. The van der Waals surface area contributed by atoms with Gasteiger partial charge in [-0.05, 0) is 54.6 Å². The number of ether oxygens (including phenoxy) is 2. The van der Waals surface area contributed by atoms with E-state index in [-0.39, 0.29) is 0 Å². The second kappa shape index (κ2) is 16.1. The van der Waals surface area contributed by atoms with Gasteiger partial charge in [-0.25, -0.2) is 15.0 Å². The van der Waals surface area contributed by atoms with Crippen LogP contribution in [0.5, 0.6) is 28.7 Å². The Morgan fingerprint density at radius 3 is 1.29 bits per heavy atom. The molecule has 2 N–H and O–H groups in total. The van der Waals surface area contributed by atoms with E-state index in [1.165, 1.54) is 0 Å². The highest BCUT2D eigenvalue weighted by Crippen LogP contribution is 2.37. The predicted octanol–water partition coefficient (Wildman–Crippen LogP) is 11.4. The minimum atomic E-state index is 0.439.